The Bertz CT molecular complexity index is 59.5. The van der Waals surface area contributed by atoms with Gasteiger partial charge in [0.05, 0.1) is 0 Å². The lowest BCUT2D eigenvalue weighted by molar-refractivity contribution is 0.169. The molecule has 0 atom stereocenters. The Kier molecular flexibility index (Phi) is 2.56. The molecule has 8 heavy (non-hydrogen) atoms. The molecule has 0 unspecified atom stereocenters. The lowest BCUT2D eigenvalue weighted by atomic mass is 9.98. The molecule has 2 heteroatoms. The van der Waals surface area contributed by atoms with Crippen LogP contribution in [0.25, 0.3) is 0 Å². The Labute approximate surface area is 54.0 Å². The van der Waals surface area contributed by atoms with Crippen LogP contribution in [0.15, 0.2) is 0 Å². The predicted molar refractivity (Wildman–Crippen MR) is 36.5 cm³/mol. The molecule has 0 bridgehead atoms. The van der Waals surface area contributed by atoms with E-state index in [1.54, 1.807) is 10.5 Å². The van der Waals surface area contributed by atoms with Crippen molar-refractivity contribution in [3.8, 4) is 0 Å². The van der Waals surface area contributed by atoms with Crippen LogP contribution in [0.1, 0.15) is 32.1 Å². The van der Waals surface area contributed by atoms with Crippen molar-refractivity contribution >= 4 is 10.5 Å². The second kappa shape index (κ2) is 3.25. The van der Waals surface area contributed by atoms with Gasteiger partial charge in [0, 0.05) is 6.10 Å². The van der Waals surface area contributed by atoms with E-state index >= 15 is 0 Å². The molecular formula is C6H13OSi. The summed E-state index contributed by atoms with van der Waals surface area (Å²) in [4.78, 5) is 0. The van der Waals surface area contributed by atoms with E-state index in [-0.39, 0.29) is 0 Å². The zero-order valence-electron chi connectivity index (χ0n) is 5.23. The second-order valence-electron chi connectivity index (χ2n) is 2.43. The van der Waals surface area contributed by atoms with E-state index < -0.39 is 0 Å². The molecule has 1 rings (SSSR count). The van der Waals surface area contributed by atoms with E-state index in [9.17, 15) is 0 Å². The van der Waals surface area contributed by atoms with Gasteiger partial charge in [0.25, 0.3) is 0 Å². The Balaban J connectivity index is 2.13. The van der Waals surface area contributed by atoms with Crippen molar-refractivity contribution in [3.05, 3.63) is 0 Å². The maximum Gasteiger partial charge on any atom is 0.175 e. The van der Waals surface area contributed by atoms with Crippen LogP contribution in [0.2, 0.25) is 0 Å². The van der Waals surface area contributed by atoms with Crippen molar-refractivity contribution in [2.75, 3.05) is 0 Å². The zero-order valence-corrected chi connectivity index (χ0v) is 6.64. The molecule has 47 valence electrons. The van der Waals surface area contributed by atoms with Gasteiger partial charge in [0.2, 0.25) is 0 Å². The fourth-order valence-electron chi connectivity index (χ4n) is 1.23. The predicted octanol–water partition coefficient (Wildman–Crippen LogP) is 0.884. The summed E-state index contributed by atoms with van der Waals surface area (Å²) in [5.74, 6) is 0. The summed E-state index contributed by atoms with van der Waals surface area (Å²) in [6, 6.07) is 0. The molecular weight excluding hydrogens is 116 g/mol. The molecule has 1 saturated carbocycles. The summed E-state index contributed by atoms with van der Waals surface area (Å²) in [6.45, 7) is 0. The molecule has 0 heterocycles. The number of hydrogen-bond donors (Lipinski definition) is 0. The minimum absolute atomic E-state index is 0.599. The molecule has 0 aliphatic heterocycles. The van der Waals surface area contributed by atoms with Crippen molar-refractivity contribution in [2.24, 2.45) is 0 Å². The fraction of sp³-hybridized carbons (Fsp3) is 1.00. The van der Waals surface area contributed by atoms with Crippen LogP contribution in [0.4, 0.5) is 0 Å². The normalized spacial score (nSPS) is 23.6. The minimum atomic E-state index is 0.599. The van der Waals surface area contributed by atoms with Crippen LogP contribution in [0.3, 0.4) is 0 Å². The first kappa shape index (κ1) is 6.30. The van der Waals surface area contributed by atoms with Gasteiger partial charge in [-0.25, -0.2) is 0 Å². The molecule has 1 fully saturated rings. The van der Waals surface area contributed by atoms with Crippen LogP contribution in [-0.4, -0.2) is 16.6 Å². The molecule has 1 aliphatic rings. The van der Waals surface area contributed by atoms with Crippen molar-refractivity contribution in [1.82, 2.24) is 0 Å². The maximum absolute atomic E-state index is 5.22. The number of hydrogen-bond acceptors (Lipinski definition) is 1. The fourth-order valence-corrected chi connectivity index (χ4v) is 1.57. The van der Waals surface area contributed by atoms with E-state index in [0.29, 0.717) is 6.10 Å². The van der Waals surface area contributed by atoms with Crippen LogP contribution in [0.5, 0.6) is 0 Å². The first-order valence-electron chi connectivity index (χ1n) is 3.34. The van der Waals surface area contributed by atoms with E-state index in [0.717, 1.165) is 0 Å². The van der Waals surface area contributed by atoms with E-state index in [4.69, 9.17) is 4.43 Å². The average Bonchev–Trinajstić information content (AvgIpc) is 1.90. The van der Waals surface area contributed by atoms with Gasteiger partial charge in [-0.3, -0.25) is 0 Å². The van der Waals surface area contributed by atoms with Crippen molar-refractivity contribution in [1.29, 1.82) is 0 Å². The second-order valence-corrected chi connectivity index (χ2v) is 2.76. The summed E-state index contributed by atoms with van der Waals surface area (Å²) in [6.07, 6.45) is 7.36. The van der Waals surface area contributed by atoms with Gasteiger partial charge in [-0.2, -0.15) is 0 Å². The van der Waals surface area contributed by atoms with Crippen molar-refractivity contribution in [2.45, 2.75) is 38.2 Å². The van der Waals surface area contributed by atoms with E-state index in [1.807, 2.05) is 0 Å². The maximum atomic E-state index is 5.22. The minimum Gasteiger partial charge on any atom is -0.422 e. The molecule has 0 aromatic heterocycles. The van der Waals surface area contributed by atoms with Gasteiger partial charge < -0.3 is 4.43 Å². The molecule has 0 N–H and O–H groups in total. The van der Waals surface area contributed by atoms with Gasteiger partial charge in [0.1, 0.15) is 0 Å². The Hall–Kier alpha value is 0.177. The standard InChI is InChI=1S/C6H13OSi/c8-7-6-4-2-1-3-5-6/h6H,1-5,8H2. The third-order valence-electron chi connectivity index (χ3n) is 1.79. The molecule has 0 aromatic rings. The van der Waals surface area contributed by atoms with Gasteiger partial charge in [-0.15, -0.1) is 0 Å². The molecule has 1 nitrogen and oxygen atoms in total. The summed E-state index contributed by atoms with van der Waals surface area (Å²) >= 11 is 0. The summed E-state index contributed by atoms with van der Waals surface area (Å²) < 4.78 is 5.22. The lowest BCUT2D eigenvalue weighted by Crippen LogP contribution is -2.14. The quantitative estimate of drug-likeness (QED) is 0.478. The third kappa shape index (κ3) is 1.60. The van der Waals surface area contributed by atoms with Crippen LogP contribution < -0.4 is 0 Å². The highest BCUT2D eigenvalue weighted by molar-refractivity contribution is 5.98. The molecule has 1 radical (unpaired) electrons. The largest absolute Gasteiger partial charge is 0.422 e. The smallest absolute Gasteiger partial charge is 0.175 e. The third-order valence-corrected chi connectivity index (χ3v) is 2.26. The van der Waals surface area contributed by atoms with Gasteiger partial charge in [-0.1, -0.05) is 19.3 Å². The van der Waals surface area contributed by atoms with E-state index in [2.05, 4.69) is 0 Å². The van der Waals surface area contributed by atoms with Gasteiger partial charge in [0.15, 0.2) is 10.5 Å². The molecule has 0 saturated heterocycles. The van der Waals surface area contributed by atoms with Crippen molar-refractivity contribution in [3.63, 3.8) is 0 Å². The molecule has 0 amide bonds. The zero-order chi connectivity index (χ0) is 5.82. The summed E-state index contributed by atoms with van der Waals surface area (Å²) in [5.41, 5.74) is 0. The Morgan fingerprint density at radius 2 is 1.75 bits per heavy atom. The van der Waals surface area contributed by atoms with Crippen molar-refractivity contribution < 1.29 is 4.43 Å². The first-order chi connectivity index (χ1) is 3.93. The van der Waals surface area contributed by atoms with Crippen LogP contribution in [-0.2, 0) is 4.43 Å². The van der Waals surface area contributed by atoms with Gasteiger partial charge >= 0.3 is 0 Å². The molecule has 0 spiro atoms. The molecule has 0 aromatic carbocycles. The Morgan fingerprint density at radius 3 is 2.12 bits per heavy atom. The highest BCUT2D eigenvalue weighted by Crippen LogP contribution is 2.18. The lowest BCUT2D eigenvalue weighted by Gasteiger charge is -2.19. The summed E-state index contributed by atoms with van der Waals surface area (Å²) in [5, 5.41) is 0. The highest BCUT2D eigenvalue weighted by Gasteiger charge is 2.10. The summed E-state index contributed by atoms with van der Waals surface area (Å²) in [7, 11) is 1.64. The van der Waals surface area contributed by atoms with Crippen LogP contribution >= 0.6 is 0 Å². The van der Waals surface area contributed by atoms with Gasteiger partial charge in [-0.05, 0) is 12.8 Å². The first-order valence-corrected chi connectivity index (χ1v) is 3.92. The highest BCUT2D eigenvalue weighted by atomic mass is 28.2. The topological polar surface area (TPSA) is 9.23 Å². The number of rotatable bonds is 1. The monoisotopic (exact) mass is 129 g/mol. The van der Waals surface area contributed by atoms with Crippen LogP contribution in [0, 0.1) is 0 Å². The average molecular weight is 129 g/mol. The SMILES string of the molecule is [SiH2]OC1CCCCC1. The Morgan fingerprint density at radius 1 is 1.12 bits per heavy atom. The molecule has 1 aliphatic carbocycles. The van der Waals surface area contributed by atoms with E-state index in [1.165, 1.54) is 32.1 Å².